The number of methoxy groups -OCH3 is 2. The van der Waals surface area contributed by atoms with Crippen molar-refractivity contribution in [2.45, 2.75) is 6.92 Å². The summed E-state index contributed by atoms with van der Waals surface area (Å²) in [5.74, 6) is -5.00. The van der Waals surface area contributed by atoms with Crippen LogP contribution in [-0.2, 0) is 9.59 Å². The van der Waals surface area contributed by atoms with E-state index in [4.69, 9.17) is 18.9 Å². The first-order valence-corrected chi connectivity index (χ1v) is 18.1. The summed E-state index contributed by atoms with van der Waals surface area (Å²) in [5.41, 5.74) is 1.59. The molecule has 0 saturated carbocycles. The van der Waals surface area contributed by atoms with Crippen molar-refractivity contribution < 1.29 is 63.0 Å². The van der Waals surface area contributed by atoms with E-state index in [1.807, 2.05) is 6.07 Å². The number of fused-ring (bicyclic) bond motifs is 1. The van der Waals surface area contributed by atoms with Gasteiger partial charge in [0.05, 0.1) is 37.7 Å². The highest BCUT2D eigenvalue weighted by molar-refractivity contribution is 6.11. The van der Waals surface area contributed by atoms with Gasteiger partial charge < -0.3 is 60.9 Å². The number of aromatic carboxylic acids is 1. The number of carbonyl (C=O) groups is 6. The molecule has 1 aliphatic rings. The lowest BCUT2D eigenvalue weighted by Gasteiger charge is -2.16. The number of rotatable bonds is 14. The molecule has 0 aromatic heterocycles. The average molecular weight is 832 g/mol. The van der Waals surface area contributed by atoms with E-state index >= 15 is 0 Å². The van der Waals surface area contributed by atoms with E-state index in [9.17, 15) is 44.1 Å². The van der Waals surface area contributed by atoms with Gasteiger partial charge in [-0.15, -0.1) is 0 Å². The number of carbonyl (C=O) groups excluding carboxylic acids is 5. The molecule has 0 bridgehead atoms. The predicted molar refractivity (Wildman–Crippen MR) is 221 cm³/mol. The molecule has 5 aromatic carbocycles. The van der Waals surface area contributed by atoms with Gasteiger partial charge in [-0.05, 0) is 103 Å². The molecule has 0 aliphatic carbocycles. The molecule has 0 radical (unpaired) electrons. The van der Waals surface area contributed by atoms with Gasteiger partial charge in [0, 0.05) is 28.1 Å². The third kappa shape index (κ3) is 9.78. The maximum Gasteiger partial charge on any atom is 0.339 e. The molecule has 5 aromatic rings. The Morgan fingerprint density at radius 1 is 0.639 bits per heavy atom. The molecular weight excluding hydrogens is 794 g/mol. The lowest BCUT2D eigenvalue weighted by Crippen LogP contribution is -2.32. The molecule has 0 unspecified atom stereocenters. The highest BCUT2D eigenvalue weighted by atomic mass is 16.7. The quantitative estimate of drug-likeness (QED) is 0.0648. The number of hydrogen-bond donors (Lipinski definition) is 8. The zero-order valence-corrected chi connectivity index (χ0v) is 32.6. The van der Waals surface area contributed by atoms with Crippen molar-refractivity contribution in [3.63, 3.8) is 0 Å². The van der Waals surface area contributed by atoms with Crippen LogP contribution in [0.3, 0.4) is 0 Å². The Bertz CT molecular complexity index is 2590. The summed E-state index contributed by atoms with van der Waals surface area (Å²) in [5, 5.41) is 43.3. The van der Waals surface area contributed by atoms with Crippen molar-refractivity contribution in [2.24, 2.45) is 0 Å². The van der Waals surface area contributed by atoms with Gasteiger partial charge in [0.25, 0.3) is 23.6 Å². The predicted octanol–water partition coefficient (Wildman–Crippen LogP) is 5.46. The maximum absolute atomic E-state index is 13.1. The van der Waals surface area contributed by atoms with Gasteiger partial charge in [-0.3, -0.25) is 24.0 Å². The van der Waals surface area contributed by atoms with Crippen molar-refractivity contribution in [3.8, 4) is 34.5 Å². The fourth-order valence-electron chi connectivity index (χ4n) is 5.92. The van der Waals surface area contributed by atoms with Crippen LogP contribution < -0.4 is 45.5 Å². The second-order valence-electron chi connectivity index (χ2n) is 13.1. The molecule has 312 valence electrons. The lowest BCUT2D eigenvalue weighted by atomic mass is 10.1. The first-order chi connectivity index (χ1) is 29.3. The highest BCUT2D eigenvalue weighted by Crippen LogP contribution is 2.41. The number of amides is 5. The smallest absolute Gasteiger partial charge is 0.339 e. The molecule has 8 N–H and O–H groups in total. The van der Waals surface area contributed by atoms with E-state index in [0.717, 1.165) is 11.6 Å². The van der Waals surface area contributed by atoms with Crippen molar-refractivity contribution in [3.05, 3.63) is 124 Å². The summed E-state index contributed by atoms with van der Waals surface area (Å²) < 4.78 is 21.0. The molecule has 0 saturated heterocycles. The van der Waals surface area contributed by atoms with Crippen LogP contribution in [0.5, 0.6) is 34.5 Å². The topological polar surface area (TPSA) is 260 Å². The zero-order valence-electron chi connectivity index (χ0n) is 32.6. The van der Waals surface area contributed by atoms with Crippen LogP contribution in [0.1, 0.15) is 53.9 Å². The summed E-state index contributed by atoms with van der Waals surface area (Å²) in [6.45, 7) is 1.45. The van der Waals surface area contributed by atoms with Gasteiger partial charge in [-0.2, -0.15) is 0 Å². The van der Waals surface area contributed by atoms with E-state index in [0.29, 0.717) is 28.4 Å². The number of phenolic OH excluding ortho intramolecular Hbond substituents is 1. The molecule has 0 atom stereocenters. The number of benzene rings is 5. The minimum Gasteiger partial charge on any atom is -0.504 e. The SMILES string of the molecule is COc1c(NC(=O)c2ccc(NC(=O)c3ccc(NC(=O)CNC(=O)c4ccc(NC(=O)/C(C)=C/c5ccc6c(c5)OCO6)cc4)cc3)c(OC)c2O)ccc(C(=O)O)c1O. The van der Waals surface area contributed by atoms with Crippen LogP contribution in [0.25, 0.3) is 6.08 Å². The largest absolute Gasteiger partial charge is 0.504 e. The Labute approximate surface area is 346 Å². The molecule has 5 amide bonds. The first kappa shape index (κ1) is 42.1. The van der Waals surface area contributed by atoms with Crippen LogP contribution in [-0.4, -0.2) is 78.4 Å². The van der Waals surface area contributed by atoms with E-state index in [2.05, 4.69) is 26.6 Å². The van der Waals surface area contributed by atoms with Gasteiger partial charge in [-0.25, -0.2) is 4.79 Å². The Hall–Kier alpha value is -8.54. The monoisotopic (exact) mass is 831 g/mol. The number of ether oxygens (including phenoxy) is 4. The average Bonchev–Trinajstić information content (AvgIpc) is 3.71. The number of phenols is 2. The number of carboxylic acid groups (broad SMARTS) is 1. The fourth-order valence-corrected chi connectivity index (χ4v) is 5.92. The summed E-state index contributed by atoms with van der Waals surface area (Å²) >= 11 is 0. The van der Waals surface area contributed by atoms with E-state index in [-0.39, 0.29) is 58.8 Å². The van der Waals surface area contributed by atoms with Crippen molar-refractivity contribution in [2.75, 3.05) is 48.8 Å². The van der Waals surface area contributed by atoms with E-state index in [1.165, 1.54) is 68.8 Å². The fraction of sp³-hybridized carbons (Fsp3) is 0.116. The van der Waals surface area contributed by atoms with Gasteiger partial charge in [0.2, 0.25) is 12.7 Å². The Morgan fingerprint density at radius 2 is 1.18 bits per heavy atom. The third-order valence-corrected chi connectivity index (χ3v) is 9.03. The maximum atomic E-state index is 13.1. The molecule has 1 aliphatic heterocycles. The molecule has 6 rings (SSSR count). The van der Waals surface area contributed by atoms with Gasteiger partial charge in [-0.1, -0.05) is 6.07 Å². The minimum atomic E-state index is -1.42. The summed E-state index contributed by atoms with van der Waals surface area (Å²) in [7, 11) is 2.38. The summed E-state index contributed by atoms with van der Waals surface area (Å²) in [6, 6.07) is 22.0. The standard InChI is InChI=1S/C43H37N5O13/c1-22(18-23-4-17-32-33(19-23)61-21-60-32)39(52)46-27-11-5-24(6-12-27)40(53)44-20-34(49)45-26-9-7-25(8-10-26)41(54)47-30-15-13-28(35(50)37(30)58-2)42(55)48-31-16-14-29(43(56)57)36(51)38(31)59-3/h4-19,50-51H,20-21H2,1-3H3,(H,44,53)(H,45,49)(H,46,52)(H,47,54)(H,48,55)(H,56,57)/b22-18+. The second kappa shape index (κ2) is 18.4. The first-order valence-electron chi connectivity index (χ1n) is 18.1. The van der Waals surface area contributed by atoms with Crippen LogP contribution in [0.4, 0.5) is 22.7 Å². The highest BCUT2D eigenvalue weighted by Gasteiger charge is 2.24. The molecule has 18 nitrogen and oxygen atoms in total. The van der Waals surface area contributed by atoms with Crippen molar-refractivity contribution >= 4 is 64.3 Å². The van der Waals surface area contributed by atoms with Crippen molar-refractivity contribution in [1.82, 2.24) is 5.32 Å². The molecule has 0 fully saturated rings. The van der Waals surface area contributed by atoms with Gasteiger partial charge >= 0.3 is 5.97 Å². The Kier molecular flexibility index (Phi) is 12.7. The van der Waals surface area contributed by atoms with Gasteiger partial charge in [0.1, 0.15) is 5.56 Å². The molecular formula is C43H37N5O13. The van der Waals surface area contributed by atoms with Crippen LogP contribution in [0.2, 0.25) is 0 Å². The minimum absolute atomic E-state index is 0.0103. The van der Waals surface area contributed by atoms with E-state index < -0.39 is 46.7 Å². The molecule has 18 heteroatoms. The van der Waals surface area contributed by atoms with Crippen LogP contribution >= 0.6 is 0 Å². The molecule has 61 heavy (non-hydrogen) atoms. The Balaban J connectivity index is 0.986. The van der Waals surface area contributed by atoms with E-state index in [1.54, 1.807) is 37.3 Å². The number of hydrogen-bond acceptors (Lipinski definition) is 12. The molecule has 1 heterocycles. The van der Waals surface area contributed by atoms with Crippen molar-refractivity contribution in [1.29, 1.82) is 0 Å². The summed E-state index contributed by atoms with van der Waals surface area (Å²) in [6.07, 6.45) is 1.71. The number of nitrogens with one attached hydrogen (secondary N) is 5. The lowest BCUT2D eigenvalue weighted by molar-refractivity contribution is -0.115. The number of carboxylic acids is 1. The molecule has 0 spiro atoms. The normalized spacial score (nSPS) is 11.5. The van der Waals surface area contributed by atoms with Gasteiger partial charge in [0.15, 0.2) is 34.5 Å². The van der Waals surface area contributed by atoms with Crippen LogP contribution in [0.15, 0.2) is 96.6 Å². The number of aromatic hydroxyl groups is 2. The zero-order chi connectivity index (χ0) is 43.8. The summed E-state index contributed by atoms with van der Waals surface area (Å²) in [4.78, 5) is 75.6. The van der Waals surface area contributed by atoms with Crippen LogP contribution in [0, 0.1) is 0 Å². The third-order valence-electron chi connectivity index (χ3n) is 9.03. The number of anilines is 4. The second-order valence-corrected chi connectivity index (χ2v) is 13.1. The Morgan fingerprint density at radius 3 is 1.79 bits per heavy atom.